The Morgan fingerprint density at radius 3 is 2.80 bits per heavy atom. The summed E-state index contributed by atoms with van der Waals surface area (Å²) in [5.74, 6) is 0. The van der Waals surface area contributed by atoms with Crippen molar-refractivity contribution in [2.24, 2.45) is 0 Å². The summed E-state index contributed by atoms with van der Waals surface area (Å²) in [7, 11) is 0. The number of hydrogen-bond donors (Lipinski definition) is 1. The molecule has 0 amide bonds. The topological polar surface area (TPSA) is 21.3 Å². The van der Waals surface area contributed by atoms with Crippen LogP contribution in [0.25, 0.3) is 0 Å². The van der Waals surface area contributed by atoms with Gasteiger partial charge in [-0.1, -0.05) is 33.1 Å². The highest BCUT2D eigenvalue weighted by Gasteiger charge is 2.32. The second kappa shape index (κ2) is 6.49. The summed E-state index contributed by atoms with van der Waals surface area (Å²) in [4.78, 5) is 0. The SMILES string of the molecule is CCCCCC1(C)CC(NCC)CCO1. The Hall–Kier alpha value is -0.0800. The molecule has 0 radical (unpaired) electrons. The summed E-state index contributed by atoms with van der Waals surface area (Å²) in [5.41, 5.74) is 0.139. The van der Waals surface area contributed by atoms with Gasteiger partial charge in [0.25, 0.3) is 0 Å². The van der Waals surface area contributed by atoms with Crippen LogP contribution in [0.1, 0.15) is 59.3 Å². The van der Waals surface area contributed by atoms with E-state index in [4.69, 9.17) is 4.74 Å². The molecular weight excluding hydrogens is 186 g/mol. The predicted octanol–water partition coefficient (Wildman–Crippen LogP) is 3.11. The number of ether oxygens (including phenoxy) is 1. The smallest absolute Gasteiger partial charge is 0.0669 e. The minimum absolute atomic E-state index is 0.139. The van der Waals surface area contributed by atoms with Crippen molar-refractivity contribution in [1.82, 2.24) is 5.32 Å². The first-order valence-electron chi connectivity index (χ1n) is 6.57. The molecule has 15 heavy (non-hydrogen) atoms. The molecule has 1 N–H and O–H groups in total. The van der Waals surface area contributed by atoms with Crippen molar-refractivity contribution in [1.29, 1.82) is 0 Å². The van der Waals surface area contributed by atoms with Crippen LogP contribution in [0.5, 0.6) is 0 Å². The molecule has 0 bridgehead atoms. The van der Waals surface area contributed by atoms with Gasteiger partial charge >= 0.3 is 0 Å². The molecule has 0 spiro atoms. The van der Waals surface area contributed by atoms with Gasteiger partial charge in [-0.25, -0.2) is 0 Å². The van der Waals surface area contributed by atoms with Crippen molar-refractivity contribution >= 4 is 0 Å². The lowest BCUT2D eigenvalue weighted by atomic mass is 9.87. The molecule has 0 aromatic heterocycles. The first kappa shape index (κ1) is 13.0. The maximum absolute atomic E-state index is 5.95. The second-order valence-corrected chi connectivity index (χ2v) is 5.00. The zero-order valence-corrected chi connectivity index (χ0v) is 10.6. The standard InChI is InChI=1S/C13H27NO/c1-4-6-7-9-13(3)11-12(14-5-2)8-10-15-13/h12,14H,4-11H2,1-3H3. The van der Waals surface area contributed by atoms with Gasteiger partial charge < -0.3 is 10.1 Å². The van der Waals surface area contributed by atoms with Crippen molar-refractivity contribution in [2.45, 2.75) is 70.9 Å². The van der Waals surface area contributed by atoms with Gasteiger partial charge in [0, 0.05) is 12.6 Å². The highest BCUT2D eigenvalue weighted by molar-refractivity contribution is 4.86. The fraction of sp³-hybridized carbons (Fsp3) is 1.00. The predicted molar refractivity (Wildman–Crippen MR) is 65.2 cm³/mol. The fourth-order valence-corrected chi connectivity index (χ4v) is 2.52. The molecule has 2 atom stereocenters. The summed E-state index contributed by atoms with van der Waals surface area (Å²) in [6.45, 7) is 8.73. The normalized spacial score (nSPS) is 31.8. The van der Waals surface area contributed by atoms with Crippen LogP contribution in [0.4, 0.5) is 0 Å². The third-order valence-electron chi connectivity index (χ3n) is 3.40. The number of hydrogen-bond acceptors (Lipinski definition) is 2. The maximum atomic E-state index is 5.95. The average Bonchev–Trinajstić information content (AvgIpc) is 2.18. The molecule has 0 aromatic rings. The van der Waals surface area contributed by atoms with E-state index in [-0.39, 0.29) is 5.60 Å². The zero-order chi connectivity index (χ0) is 11.1. The van der Waals surface area contributed by atoms with Gasteiger partial charge in [0.05, 0.1) is 5.60 Å². The fourth-order valence-electron chi connectivity index (χ4n) is 2.52. The van der Waals surface area contributed by atoms with E-state index in [1.807, 2.05) is 0 Å². The minimum Gasteiger partial charge on any atom is -0.375 e. The first-order valence-corrected chi connectivity index (χ1v) is 6.57. The molecular formula is C13H27NO. The monoisotopic (exact) mass is 213 g/mol. The molecule has 2 heteroatoms. The third-order valence-corrected chi connectivity index (χ3v) is 3.40. The van der Waals surface area contributed by atoms with Gasteiger partial charge in [-0.3, -0.25) is 0 Å². The Labute approximate surface area is 94.8 Å². The highest BCUT2D eigenvalue weighted by atomic mass is 16.5. The van der Waals surface area contributed by atoms with Crippen LogP contribution >= 0.6 is 0 Å². The van der Waals surface area contributed by atoms with Gasteiger partial charge in [0.1, 0.15) is 0 Å². The molecule has 0 aliphatic carbocycles. The molecule has 1 aliphatic rings. The van der Waals surface area contributed by atoms with Crippen LogP contribution in [-0.2, 0) is 4.74 Å². The van der Waals surface area contributed by atoms with E-state index in [2.05, 4.69) is 26.1 Å². The van der Waals surface area contributed by atoms with Gasteiger partial charge in [-0.2, -0.15) is 0 Å². The Kier molecular flexibility index (Phi) is 5.62. The van der Waals surface area contributed by atoms with Crippen LogP contribution in [-0.4, -0.2) is 24.8 Å². The Morgan fingerprint density at radius 1 is 1.33 bits per heavy atom. The Morgan fingerprint density at radius 2 is 2.13 bits per heavy atom. The van der Waals surface area contributed by atoms with Gasteiger partial charge in [-0.15, -0.1) is 0 Å². The molecule has 2 nitrogen and oxygen atoms in total. The summed E-state index contributed by atoms with van der Waals surface area (Å²) < 4.78 is 5.95. The van der Waals surface area contributed by atoms with E-state index in [1.54, 1.807) is 0 Å². The number of rotatable bonds is 6. The minimum atomic E-state index is 0.139. The third kappa shape index (κ3) is 4.52. The van der Waals surface area contributed by atoms with E-state index < -0.39 is 0 Å². The number of unbranched alkanes of at least 4 members (excludes halogenated alkanes) is 2. The van der Waals surface area contributed by atoms with Crippen LogP contribution in [0.15, 0.2) is 0 Å². The first-order chi connectivity index (χ1) is 7.20. The lowest BCUT2D eigenvalue weighted by Crippen LogP contribution is -2.45. The van der Waals surface area contributed by atoms with Crippen molar-refractivity contribution in [3.8, 4) is 0 Å². The van der Waals surface area contributed by atoms with Crippen LogP contribution in [0.2, 0.25) is 0 Å². The maximum Gasteiger partial charge on any atom is 0.0669 e. The van der Waals surface area contributed by atoms with Crippen LogP contribution < -0.4 is 5.32 Å². The molecule has 2 unspecified atom stereocenters. The zero-order valence-electron chi connectivity index (χ0n) is 10.6. The van der Waals surface area contributed by atoms with Gasteiger partial charge in [0.2, 0.25) is 0 Å². The van der Waals surface area contributed by atoms with Crippen molar-refractivity contribution < 1.29 is 4.74 Å². The quantitative estimate of drug-likeness (QED) is 0.685. The van der Waals surface area contributed by atoms with Crippen LogP contribution in [0.3, 0.4) is 0 Å². The summed E-state index contributed by atoms with van der Waals surface area (Å²) in [6, 6.07) is 0.676. The molecule has 0 aromatic carbocycles. The molecule has 0 saturated carbocycles. The van der Waals surface area contributed by atoms with E-state index >= 15 is 0 Å². The summed E-state index contributed by atoms with van der Waals surface area (Å²) >= 11 is 0. The van der Waals surface area contributed by atoms with Crippen molar-refractivity contribution in [3.05, 3.63) is 0 Å². The number of nitrogens with one attached hydrogen (secondary N) is 1. The average molecular weight is 213 g/mol. The molecule has 1 rings (SSSR count). The second-order valence-electron chi connectivity index (χ2n) is 5.00. The molecule has 1 saturated heterocycles. The summed E-state index contributed by atoms with van der Waals surface area (Å²) in [5, 5.41) is 3.55. The van der Waals surface area contributed by atoms with E-state index in [1.165, 1.54) is 38.5 Å². The van der Waals surface area contributed by atoms with Gasteiger partial charge in [-0.05, 0) is 32.7 Å². The Bertz CT molecular complexity index is 170. The highest BCUT2D eigenvalue weighted by Crippen LogP contribution is 2.29. The largest absolute Gasteiger partial charge is 0.375 e. The summed E-state index contributed by atoms with van der Waals surface area (Å²) in [6.07, 6.45) is 7.54. The van der Waals surface area contributed by atoms with E-state index in [0.29, 0.717) is 6.04 Å². The van der Waals surface area contributed by atoms with Crippen molar-refractivity contribution in [2.75, 3.05) is 13.2 Å². The van der Waals surface area contributed by atoms with Gasteiger partial charge in [0.15, 0.2) is 0 Å². The lowest BCUT2D eigenvalue weighted by Gasteiger charge is -2.38. The van der Waals surface area contributed by atoms with Crippen molar-refractivity contribution in [3.63, 3.8) is 0 Å². The molecule has 90 valence electrons. The van der Waals surface area contributed by atoms with E-state index in [9.17, 15) is 0 Å². The Balaban J connectivity index is 2.31. The van der Waals surface area contributed by atoms with Crippen LogP contribution in [0, 0.1) is 0 Å². The molecule has 1 fully saturated rings. The lowest BCUT2D eigenvalue weighted by molar-refractivity contribution is -0.0817. The molecule has 1 heterocycles. The van der Waals surface area contributed by atoms with E-state index in [0.717, 1.165) is 13.2 Å². The molecule has 1 aliphatic heterocycles.